The second-order valence-corrected chi connectivity index (χ2v) is 6.97. The van der Waals surface area contributed by atoms with Crippen molar-refractivity contribution in [1.29, 1.82) is 0 Å². The summed E-state index contributed by atoms with van der Waals surface area (Å²) < 4.78 is 12.3. The first-order chi connectivity index (χ1) is 14.2. The van der Waals surface area contributed by atoms with Gasteiger partial charge in [-0.25, -0.2) is 9.79 Å². The van der Waals surface area contributed by atoms with Crippen molar-refractivity contribution >= 4 is 36.0 Å². The summed E-state index contributed by atoms with van der Waals surface area (Å²) in [5.74, 6) is 1.69. The minimum Gasteiger partial charge on any atom is -0.469 e. The van der Waals surface area contributed by atoms with Crippen LogP contribution in [0.2, 0.25) is 0 Å². The highest BCUT2D eigenvalue weighted by atomic mass is 127. The maximum atomic E-state index is 11.9. The van der Waals surface area contributed by atoms with Crippen molar-refractivity contribution in [3.8, 4) is 0 Å². The van der Waals surface area contributed by atoms with Crippen LogP contribution in [0.4, 0.5) is 4.79 Å². The lowest BCUT2D eigenvalue weighted by Crippen LogP contribution is -2.50. The van der Waals surface area contributed by atoms with Gasteiger partial charge in [-0.1, -0.05) is 0 Å². The predicted octanol–water partition coefficient (Wildman–Crippen LogP) is 2.53. The Morgan fingerprint density at radius 1 is 1.37 bits per heavy atom. The smallest absolute Gasteiger partial charge is 0.409 e. The van der Waals surface area contributed by atoms with Gasteiger partial charge in [0, 0.05) is 45.3 Å². The standard InChI is InChI=1S/C20H30N6O3.HI/c1-3-28-20(27)26-12-8-16(9-13-26)24-19(21-10-7-18-5-4-14-29-18)22-15-17-6-11-23-25(17)2;/h4-6,11,14,16H,3,7-10,12-13,15H2,1-2H3,(H2,21,22,24);1H. The van der Waals surface area contributed by atoms with Crippen molar-refractivity contribution in [2.24, 2.45) is 12.0 Å². The molecule has 3 rings (SSSR count). The molecule has 0 spiro atoms. The van der Waals surface area contributed by atoms with Gasteiger partial charge in [0.05, 0.1) is 25.1 Å². The van der Waals surface area contributed by atoms with E-state index in [2.05, 4.69) is 15.7 Å². The molecule has 1 aliphatic rings. The fourth-order valence-corrected chi connectivity index (χ4v) is 3.24. The summed E-state index contributed by atoms with van der Waals surface area (Å²) in [6.45, 7) is 4.84. The molecule has 0 atom stereocenters. The van der Waals surface area contributed by atoms with Gasteiger partial charge in [-0.05, 0) is 38.0 Å². The predicted molar refractivity (Wildman–Crippen MR) is 125 cm³/mol. The number of guanidine groups is 1. The van der Waals surface area contributed by atoms with Crippen LogP contribution in [0.5, 0.6) is 0 Å². The van der Waals surface area contributed by atoms with E-state index in [0.29, 0.717) is 32.8 Å². The number of aromatic nitrogens is 2. The van der Waals surface area contributed by atoms with Crippen LogP contribution >= 0.6 is 24.0 Å². The lowest BCUT2D eigenvalue weighted by atomic mass is 10.1. The molecule has 2 aromatic heterocycles. The maximum absolute atomic E-state index is 11.9. The number of carbonyl (C=O) groups excluding carboxylic acids is 1. The van der Waals surface area contributed by atoms with Crippen LogP contribution in [0.3, 0.4) is 0 Å². The first-order valence-corrected chi connectivity index (χ1v) is 10.1. The normalized spacial score (nSPS) is 14.9. The molecule has 1 saturated heterocycles. The van der Waals surface area contributed by atoms with Crippen molar-refractivity contribution in [2.45, 2.75) is 38.8 Å². The van der Waals surface area contributed by atoms with E-state index in [9.17, 15) is 4.79 Å². The molecule has 30 heavy (non-hydrogen) atoms. The quantitative estimate of drug-likeness (QED) is 0.325. The zero-order valence-electron chi connectivity index (χ0n) is 17.5. The highest BCUT2D eigenvalue weighted by Gasteiger charge is 2.24. The average Bonchev–Trinajstić information content (AvgIpc) is 3.38. The van der Waals surface area contributed by atoms with Gasteiger partial charge in [0.25, 0.3) is 0 Å². The number of aryl methyl sites for hydroxylation is 1. The van der Waals surface area contributed by atoms with Crippen LogP contribution in [-0.2, 0) is 24.8 Å². The van der Waals surface area contributed by atoms with E-state index in [4.69, 9.17) is 14.1 Å². The third-order valence-electron chi connectivity index (χ3n) is 4.93. The molecule has 0 unspecified atom stereocenters. The van der Waals surface area contributed by atoms with Crippen LogP contribution in [0.15, 0.2) is 40.1 Å². The summed E-state index contributed by atoms with van der Waals surface area (Å²) in [4.78, 5) is 18.4. The highest BCUT2D eigenvalue weighted by Crippen LogP contribution is 2.11. The lowest BCUT2D eigenvalue weighted by Gasteiger charge is -2.32. The lowest BCUT2D eigenvalue weighted by molar-refractivity contribution is 0.0963. The van der Waals surface area contributed by atoms with Gasteiger partial charge in [0.2, 0.25) is 0 Å². The summed E-state index contributed by atoms with van der Waals surface area (Å²) >= 11 is 0. The molecule has 0 saturated carbocycles. The number of hydrogen-bond donors (Lipinski definition) is 2. The summed E-state index contributed by atoms with van der Waals surface area (Å²) in [5, 5.41) is 11.1. The third kappa shape index (κ3) is 7.22. The number of rotatable bonds is 7. The van der Waals surface area contributed by atoms with Crippen LogP contribution in [0, 0.1) is 0 Å². The van der Waals surface area contributed by atoms with E-state index in [-0.39, 0.29) is 36.1 Å². The molecule has 1 fully saturated rings. The Balaban J connectivity index is 0.00000320. The number of halogens is 1. The number of piperidine rings is 1. The Morgan fingerprint density at radius 3 is 2.80 bits per heavy atom. The largest absolute Gasteiger partial charge is 0.469 e. The SMILES string of the molecule is CCOC(=O)N1CCC(NC(=NCc2ccnn2C)NCCc2ccco2)CC1.I. The van der Waals surface area contributed by atoms with Gasteiger partial charge < -0.3 is 24.7 Å². The molecule has 2 N–H and O–H groups in total. The van der Waals surface area contributed by atoms with Gasteiger partial charge in [-0.2, -0.15) is 5.10 Å². The van der Waals surface area contributed by atoms with E-state index >= 15 is 0 Å². The second-order valence-electron chi connectivity index (χ2n) is 6.97. The molecule has 1 aliphatic heterocycles. The van der Waals surface area contributed by atoms with Gasteiger partial charge >= 0.3 is 6.09 Å². The molecular formula is C20H31IN6O3. The Hall–Kier alpha value is -2.24. The molecule has 0 aliphatic carbocycles. The van der Waals surface area contributed by atoms with E-state index in [1.165, 1.54) is 0 Å². The molecule has 2 aromatic rings. The van der Waals surface area contributed by atoms with Crippen LogP contribution in [-0.4, -0.2) is 59.0 Å². The van der Waals surface area contributed by atoms with Crippen molar-refractivity contribution in [1.82, 2.24) is 25.3 Å². The second kappa shape index (κ2) is 12.5. The zero-order chi connectivity index (χ0) is 20.5. The number of likely N-dealkylation sites (tertiary alicyclic amines) is 1. The first-order valence-electron chi connectivity index (χ1n) is 10.1. The van der Waals surface area contributed by atoms with Gasteiger partial charge in [-0.3, -0.25) is 4.68 Å². The summed E-state index contributed by atoms with van der Waals surface area (Å²) in [6.07, 6.45) is 5.70. The monoisotopic (exact) mass is 530 g/mol. The van der Waals surface area contributed by atoms with Crippen molar-refractivity contribution in [2.75, 3.05) is 26.2 Å². The number of nitrogens with one attached hydrogen (secondary N) is 2. The summed E-state index contributed by atoms with van der Waals surface area (Å²) in [5.41, 5.74) is 1.04. The van der Waals surface area contributed by atoms with Crippen LogP contribution < -0.4 is 10.6 Å². The zero-order valence-corrected chi connectivity index (χ0v) is 19.9. The molecule has 0 bridgehead atoms. The molecule has 166 valence electrons. The first kappa shape index (κ1) is 24.0. The highest BCUT2D eigenvalue weighted by molar-refractivity contribution is 14.0. The van der Waals surface area contributed by atoms with Crippen LogP contribution in [0.25, 0.3) is 0 Å². The molecule has 10 heteroatoms. The fourth-order valence-electron chi connectivity index (χ4n) is 3.24. The van der Waals surface area contributed by atoms with Crippen molar-refractivity contribution in [3.05, 3.63) is 42.1 Å². The number of ether oxygens (including phenoxy) is 1. The number of aliphatic imine (C=N–C) groups is 1. The topological polar surface area (TPSA) is 96.9 Å². The van der Waals surface area contributed by atoms with E-state index in [1.807, 2.05) is 36.9 Å². The van der Waals surface area contributed by atoms with E-state index in [1.54, 1.807) is 17.4 Å². The molecular weight excluding hydrogens is 499 g/mol. The Labute approximate surface area is 194 Å². The number of carbonyl (C=O) groups is 1. The fraction of sp³-hybridized carbons (Fsp3) is 0.550. The Bertz CT molecular complexity index is 784. The number of nitrogens with zero attached hydrogens (tertiary/aromatic N) is 4. The number of amides is 1. The summed E-state index contributed by atoms with van der Waals surface area (Å²) in [7, 11) is 1.91. The Morgan fingerprint density at radius 2 is 2.17 bits per heavy atom. The molecule has 0 aromatic carbocycles. The molecule has 0 radical (unpaired) electrons. The van der Waals surface area contributed by atoms with E-state index in [0.717, 1.165) is 36.7 Å². The maximum Gasteiger partial charge on any atom is 0.409 e. The minimum absolute atomic E-state index is 0. The van der Waals surface area contributed by atoms with Gasteiger partial charge in [0.1, 0.15) is 5.76 Å². The van der Waals surface area contributed by atoms with Crippen LogP contribution in [0.1, 0.15) is 31.2 Å². The van der Waals surface area contributed by atoms with E-state index < -0.39 is 0 Å². The van der Waals surface area contributed by atoms with Gasteiger partial charge in [-0.15, -0.1) is 24.0 Å². The van der Waals surface area contributed by atoms with Gasteiger partial charge in [0.15, 0.2) is 5.96 Å². The number of furan rings is 1. The van der Waals surface area contributed by atoms with Crippen molar-refractivity contribution in [3.63, 3.8) is 0 Å². The third-order valence-corrected chi connectivity index (χ3v) is 4.93. The summed E-state index contributed by atoms with van der Waals surface area (Å²) in [6, 6.07) is 6.07. The minimum atomic E-state index is -0.229. The number of hydrogen-bond acceptors (Lipinski definition) is 5. The molecule has 1 amide bonds. The average molecular weight is 530 g/mol. The van der Waals surface area contributed by atoms with Crippen molar-refractivity contribution < 1.29 is 13.9 Å². The molecule has 9 nitrogen and oxygen atoms in total. The Kier molecular flexibility index (Phi) is 9.98. The molecule has 3 heterocycles.